The van der Waals surface area contributed by atoms with Gasteiger partial charge in [0.1, 0.15) is 5.82 Å². The number of nitrogens with one attached hydrogen (secondary N) is 1. The molecule has 0 heterocycles. The summed E-state index contributed by atoms with van der Waals surface area (Å²) in [5.41, 5.74) is 1.80. The number of amides is 1. The first-order valence-electron chi connectivity index (χ1n) is 9.12. The molecular formula is C21H24BrFN2O2. The molecule has 2 aromatic carbocycles. The van der Waals surface area contributed by atoms with Gasteiger partial charge in [-0.2, -0.15) is 0 Å². The van der Waals surface area contributed by atoms with Crippen LogP contribution >= 0.6 is 15.9 Å². The Labute approximate surface area is 167 Å². The van der Waals surface area contributed by atoms with E-state index in [9.17, 15) is 14.3 Å². The minimum Gasteiger partial charge on any atom is -0.395 e. The van der Waals surface area contributed by atoms with Gasteiger partial charge >= 0.3 is 0 Å². The summed E-state index contributed by atoms with van der Waals surface area (Å²) in [5.74, 6) is -0.427. The highest BCUT2D eigenvalue weighted by atomic mass is 79.9. The van der Waals surface area contributed by atoms with Gasteiger partial charge in [-0.05, 0) is 36.6 Å². The highest BCUT2D eigenvalue weighted by Gasteiger charge is 2.44. The second kappa shape index (κ2) is 8.95. The SMILES string of the molecule is O=C(CN(CCO)Cc1cc(Br)ccc1F)NCC1(c2ccccc2)CC1. The molecule has 3 rings (SSSR count). The molecule has 1 aliphatic rings. The molecule has 0 spiro atoms. The number of carbonyl (C=O) groups excluding carboxylic acids is 1. The highest BCUT2D eigenvalue weighted by molar-refractivity contribution is 9.10. The summed E-state index contributed by atoms with van der Waals surface area (Å²) in [5, 5.41) is 12.3. The Kier molecular flexibility index (Phi) is 6.63. The van der Waals surface area contributed by atoms with E-state index in [2.05, 4.69) is 33.4 Å². The first-order valence-corrected chi connectivity index (χ1v) is 9.91. The predicted octanol–water partition coefficient (Wildman–Crippen LogP) is 3.23. The Balaban J connectivity index is 1.56. The fraction of sp³-hybridized carbons (Fsp3) is 0.381. The summed E-state index contributed by atoms with van der Waals surface area (Å²) in [6, 6.07) is 15.0. The molecule has 0 aromatic heterocycles. The molecule has 2 N–H and O–H groups in total. The van der Waals surface area contributed by atoms with E-state index in [0.717, 1.165) is 17.3 Å². The Hall–Kier alpha value is -1.76. The largest absolute Gasteiger partial charge is 0.395 e. The molecule has 1 aliphatic carbocycles. The third kappa shape index (κ3) is 5.37. The number of carbonyl (C=O) groups is 1. The van der Waals surface area contributed by atoms with Crippen LogP contribution in [0.3, 0.4) is 0 Å². The minimum absolute atomic E-state index is 0.0507. The number of hydrogen-bond acceptors (Lipinski definition) is 3. The summed E-state index contributed by atoms with van der Waals surface area (Å²) < 4.78 is 14.8. The molecule has 4 nitrogen and oxygen atoms in total. The zero-order valence-corrected chi connectivity index (χ0v) is 16.7. The van der Waals surface area contributed by atoms with E-state index in [1.807, 2.05) is 18.2 Å². The first-order chi connectivity index (χ1) is 13.0. The third-order valence-corrected chi connectivity index (χ3v) is 5.54. The molecular weight excluding hydrogens is 411 g/mol. The molecule has 1 saturated carbocycles. The van der Waals surface area contributed by atoms with Crippen LogP contribution < -0.4 is 5.32 Å². The molecule has 0 aliphatic heterocycles. The van der Waals surface area contributed by atoms with E-state index < -0.39 is 0 Å². The van der Waals surface area contributed by atoms with Crippen LogP contribution in [0.5, 0.6) is 0 Å². The van der Waals surface area contributed by atoms with Crippen molar-refractivity contribution >= 4 is 21.8 Å². The highest BCUT2D eigenvalue weighted by Crippen LogP contribution is 2.47. The zero-order chi connectivity index (χ0) is 19.3. The van der Waals surface area contributed by atoms with E-state index in [1.165, 1.54) is 11.6 Å². The Morgan fingerprint density at radius 1 is 1.22 bits per heavy atom. The van der Waals surface area contributed by atoms with Gasteiger partial charge in [0, 0.05) is 35.1 Å². The maximum absolute atomic E-state index is 14.0. The lowest BCUT2D eigenvalue weighted by atomic mass is 9.96. The van der Waals surface area contributed by atoms with Crippen molar-refractivity contribution in [2.45, 2.75) is 24.8 Å². The zero-order valence-electron chi connectivity index (χ0n) is 15.1. The van der Waals surface area contributed by atoms with Gasteiger partial charge in [0.15, 0.2) is 0 Å². The van der Waals surface area contributed by atoms with E-state index in [-0.39, 0.29) is 36.8 Å². The van der Waals surface area contributed by atoms with E-state index in [1.54, 1.807) is 17.0 Å². The number of halogens is 2. The summed E-state index contributed by atoms with van der Waals surface area (Å²) in [4.78, 5) is 14.2. The van der Waals surface area contributed by atoms with Crippen LogP contribution in [0.25, 0.3) is 0 Å². The van der Waals surface area contributed by atoms with Crippen molar-refractivity contribution in [2.75, 3.05) is 26.2 Å². The standard InChI is InChI=1S/C21H24BrFN2O2/c22-18-6-7-19(23)16(12-18)13-25(10-11-26)14-20(27)24-15-21(8-9-21)17-4-2-1-3-5-17/h1-7,12,26H,8-11,13-15H2,(H,24,27). The molecule has 0 atom stereocenters. The van der Waals surface area contributed by atoms with Crippen molar-refractivity contribution in [2.24, 2.45) is 0 Å². The third-order valence-electron chi connectivity index (χ3n) is 5.05. The van der Waals surface area contributed by atoms with Crippen LogP contribution in [-0.2, 0) is 16.8 Å². The number of aliphatic hydroxyl groups excluding tert-OH is 1. The molecule has 6 heteroatoms. The van der Waals surface area contributed by atoms with E-state index in [4.69, 9.17) is 0 Å². The molecule has 1 fully saturated rings. The van der Waals surface area contributed by atoms with Gasteiger partial charge in [0.2, 0.25) is 5.91 Å². The van der Waals surface area contributed by atoms with Gasteiger partial charge in [-0.25, -0.2) is 4.39 Å². The molecule has 0 saturated heterocycles. The van der Waals surface area contributed by atoms with E-state index >= 15 is 0 Å². The van der Waals surface area contributed by atoms with Gasteiger partial charge in [-0.15, -0.1) is 0 Å². The van der Waals surface area contributed by atoms with Crippen LogP contribution in [0, 0.1) is 5.82 Å². The Morgan fingerprint density at radius 3 is 2.63 bits per heavy atom. The van der Waals surface area contributed by atoms with Crippen molar-refractivity contribution in [3.8, 4) is 0 Å². The average molecular weight is 435 g/mol. The molecule has 2 aromatic rings. The lowest BCUT2D eigenvalue weighted by molar-refractivity contribution is -0.122. The second-order valence-electron chi connectivity index (χ2n) is 7.09. The van der Waals surface area contributed by atoms with Crippen molar-refractivity contribution in [3.05, 3.63) is 69.9 Å². The monoisotopic (exact) mass is 434 g/mol. The Bertz CT molecular complexity index is 781. The topological polar surface area (TPSA) is 52.6 Å². The number of nitrogens with zero attached hydrogens (tertiary/aromatic N) is 1. The summed E-state index contributed by atoms with van der Waals surface area (Å²) >= 11 is 3.34. The fourth-order valence-electron chi connectivity index (χ4n) is 3.30. The number of rotatable bonds is 9. The second-order valence-corrected chi connectivity index (χ2v) is 8.01. The molecule has 0 unspecified atom stereocenters. The van der Waals surface area contributed by atoms with Crippen molar-refractivity contribution in [1.29, 1.82) is 0 Å². The fourth-order valence-corrected chi connectivity index (χ4v) is 3.71. The molecule has 0 radical (unpaired) electrons. The Morgan fingerprint density at radius 2 is 1.96 bits per heavy atom. The maximum atomic E-state index is 14.0. The summed E-state index contributed by atoms with van der Waals surface area (Å²) in [7, 11) is 0. The molecule has 27 heavy (non-hydrogen) atoms. The number of hydrogen-bond donors (Lipinski definition) is 2. The normalized spacial score (nSPS) is 15.0. The molecule has 1 amide bonds. The molecule has 0 bridgehead atoms. The summed E-state index contributed by atoms with van der Waals surface area (Å²) in [6.45, 7) is 1.22. The number of aliphatic hydroxyl groups is 1. The lowest BCUT2D eigenvalue weighted by Crippen LogP contribution is -2.41. The molecule has 144 valence electrons. The average Bonchev–Trinajstić information content (AvgIpc) is 3.45. The maximum Gasteiger partial charge on any atom is 0.234 e. The smallest absolute Gasteiger partial charge is 0.234 e. The van der Waals surface area contributed by atoms with E-state index in [0.29, 0.717) is 18.7 Å². The van der Waals surface area contributed by atoms with Gasteiger partial charge in [0.25, 0.3) is 0 Å². The quantitative estimate of drug-likeness (QED) is 0.636. The predicted molar refractivity (Wildman–Crippen MR) is 107 cm³/mol. The van der Waals surface area contributed by atoms with Crippen LogP contribution in [0.2, 0.25) is 0 Å². The van der Waals surface area contributed by atoms with Crippen molar-refractivity contribution in [3.63, 3.8) is 0 Å². The first kappa shape index (κ1) is 20.0. The van der Waals surface area contributed by atoms with Crippen molar-refractivity contribution < 1.29 is 14.3 Å². The van der Waals surface area contributed by atoms with Crippen LogP contribution in [-0.4, -0.2) is 42.2 Å². The van der Waals surface area contributed by atoms with Gasteiger partial charge in [-0.3, -0.25) is 9.69 Å². The van der Waals surface area contributed by atoms with Crippen molar-refractivity contribution in [1.82, 2.24) is 10.2 Å². The van der Waals surface area contributed by atoms with Gasteiger partial charge in [0.05, 0.1) is 13.2 Å². The lowest BCUT2D eigenvalue weighted by Gasteiger charge is -2.22. The van der Waals surface area contributed by atoms with Crippen LogP contribution in [0.4, 0.5) is 4.39 Å². The summed E-state index contributed by atoms with van der Waals surface area (Å²) in [6.07, 6.45) is 2.14. The van der Waals surface area contributed by atoms with Gasteiger partial charge in [-0.1, -0.05) is 46.3 Å². The van der Waals surface area contributed by atoms with Crippen LogP contribution in [0.15, 0.2) is 53.0 Å². The number of benzene rings is 2. The minimum atomic E-state index is -0.317. The van der Waals surface area contributed by atoms with Crippen LogP contribution in [0.1, 0.15) is 24.0 Å². The van der Waals surface area contributed by atoms with Gasteiger partial charge < -0.3 is 10.4 Å².